The summed E-state index contributed by atoms with van der Waals surface area (Å²) in [5.41, 5.74) is 4.18. The third kappa shape index (κ3) is 20.9. The highest BCUT2D eigenvalue weighted by atomic mass is 19.1. The summed E-state index contributed by atoms with van der Waals surface area (Å²) in [6.45, 7) is 33.5. The smallest absolute Gasteiger partial charge is 0.259 e. The summed E-state index contributed by atoms with van der Waals surface area (Å²) in [4.78, 5) is 91.0. The number of aliphatic hydroxyl groups is 1. The molecule has 0 fully saturated rings. The number of phenolic OH excluding ortho intramolecular Hbond substituents is 4. The number of nitrogens with one attached hydrogen (secondary N) is 4. The monoisotopic (exact) mass is 1930 g/mol. The second-order valence-corrected chi connectivity index (χ2v) is 31.1. The van der Waals surface area contributed by atoms with E-state index in [1.54, 1.807) is 188 Å². The first-order chi connectivity index (χ1) is 71.2. The van der Waals surface area contributed by atoms with Gasteiger partial charge >= 0.3 is 0 Å². The van der Waals surface area contributed by atoms with Gasteiger partial charge in [-0.3, -0.25) is 19.2 Å². The molecule has 4 amide bonds. The van der Waals surface area contributed by atoms with Crippen molar-refractivity contribution >= 4 is 158 Å². The van der Waals surface area contributed by atoms with Crippen LogP contribution in [-0.2, 0) is 6.61 Å². The lowest BCUT2D eigenvalue weighted by Gasteiger charge is -2.12. The molecule has 20 rings (SSSR count). The number of hydrogen-bond donors (Lipinski definition) is 9. The number of azo groups is 4. The number of aromatic nitrogens is 14. The Morgan fingerprint density at radius 2 is 0.644 bits per heavy atom. The van der Waals surface area contributed by atoms with E-state index in [1.807, 2.05) is 74.5 Å². The number of carbonyl (C=O) groups is 4. The van der Waals surface area contributed by atoms with Crippen LogP contribution in [0.25, 0.3) is 86.0 Å². The van der Waals surface area contributed by atoms with Crippen molar-refractivity contribution in [1.29, 1.82) is 0 Å². The first-order valence-electron chi connectivity index (χ1n) is 43.5. The van der Waals surface area contributed by atoms with E-state index in [4.69, 9.17) is 26.3 Å². The van der Waals surface area contributed by atoms with Gasteiger partial charge in [0, 0.05) is 75.8 Å². The van der Waals surface area contributed by atoms with Crippen LogP contribution in [0.2, 0.25) is 0 Å². The molecule has 0 saturated heterocycles. The molecule has 39 nitrogen and oxygen atoms in total. The third-order valence-corrected chi connectivity index (χ3v) is 21.8. The first-order valence-corrected chi connectivity index (χ1v) is 43.5. The molecule has 0 aliphatic rings. The summed E-state index contributed by atoms with van der Waals surface area (Å²) in [7, 11) is 0. The Kier molecular flexibility index (Phi) is 28.7. The number of pyridine rings is 2. The highest BCUT2D eigenvalue weighted by Crippen LogP contribution is 2.47. The van der Waals surface area contributed by atoms with Gasteiger partial charge in [0.2, 0.25) is 0 Å². The van der Waals surface area contributed by atoms with Crippen molar-refractivity contribution in [3.8, 4) is 46.5 Å². The Labute approximate surface area is 824 Å². The van der Waals surface area contributed by atoms with Gasteiger partial charge < -0.3 is 46.8 Å². The average molecular weight is 1930 g/mol. The quantitative estimate of drug-likeness (QED) is 0.0238. The van der Waals surface area contributed by atoms with E-state index < -0.39 is 46.7 Å². The van der Waals surface area contributed by atoms with Gasteiger partial charge in [0.1, 0.15) is 40.1 Å². The molecule has 41 heteroatoms. The molecule has 0 unspecified atom stereocenters. The van der Waals surface area contributed by atoms with Gasteiger partial charge in [0.25, 0.3) is 58.3 Å². The lowest BCUT2D eigenvalue weighted by atomic mass is 10.0. The lowest BCUT2D eigenvalue weighted by Crippen LogP contribution is -2.14. The van der Waals surface area contributed by atoms with Crippen LogP contribution in [-0.4, -0.2) is 118 Å². The van der Waals surface area contributed by atoms with Gasteiger partial charge in [-0.05, 0) is 150 Å². The molecule has 0 bridgehead atoms. The highest BCUT2D eigenvalue weighted by molar-refractivity contribution is 6.15. The number of halogens is 2. The fourth-order valence-electron chi connectivity index (χ4n) is 14.6. The largest absolute Gasteiger partial charge is 0.505 e. The van der Waals surface area contributed by atoms with Crippen molar-refractivity contribution in [2.75, 3.05) is 21.3 Å². The van der Waals surface area contributed by atoms with Gasteiger partial charge in [-0.1, -0.05) is 163 Å². The van der Waals surface area contributed by atoms with Gasteiger partial charge in [-0.2, -0.15) is 29.8 Å². The summed E-state index contributed by atoms with van der Waals surface area (Å²) in [6.07, 6.45) is 14.6. The number of hydrogen-bond acceptors (Lipinski definition) is 27. The zero-order valence-electron chi connectivity index (χ0n) is 76.1. The molecular weight excluding hydrogens is 1860 g/mol. The number of fused-ring (bicyclic) bond motifs is 4. The van der Waals surface area contributed by atoms with E-state index >= 15 is 0 Å². The number of benzene rings is 12. The highest BCUT2D eigenvalue weighted by Gasteiger charge is 2.28. The maximum absolute atomic E-state index is 14.1. The predicted molar refractivity (Wildman–Crippen MR) is 538 cm³/mol. The van der Waals surface area contributed by atoms with Gasteiger partial charge in [0.15, 0.2) is 57.9 Å². The number of para-hydroxylation sites is 2. The predicted octanol–water partition coefficient (Wildman–Crippen LogP) is 24.6. The summed E-state index contributed by atoms with van der Waals surface area (Å²) in [6, 6.07) is 72.8. The van der Waals surface area contributed by atoms with Crippen LogP contribution in [0.1, 0.15) is 58.1 Å². The van der Waals surface area contributed by atoms with Gasteiger partial charge in [-0.15, -0.1) is 40.9 Å². The van der Waals surface area contributed by atoms with Crippen LogP contribution in [0.5, 0.6) is 23.0 Å². The fraction of sp³-hybridized carbons (Fsp3) is 0.0286. The summed E-state index contributed by atoms with van der Waals surface area (Å²) < 4.78 is 33.4. The maximum atomic E-state index is 14.1. The molecule has 708 valence electrons. The number of nitrogens with zero attached hydrogens (tertiary/aromatic N) is 26. The topological polar surface area (TPSA) is 482 Å². The molecule has 8 aromatic heterocycles. The molecule has 146 heavy (non-hydrogen) atoms. The van der Waals surface area contributed by atoms with Crippen molar-refractivity contribution < 1.29 is 53.5 Å². The molecule has 0 aliphatic carbocycles. The minimum absolute atomic E-state index is 0.00233. The van der Waals surface area contributed by atoms with Crippen LogP contribution in [0, 0.1) is 51.8 Å². The number of aliphatic hydroxyl groups excluding tert-OH is 1. The Hall–Kier alpha value is -21.8. The second-order valence-electron chi connectivity index (χ2n) is 31.1. The van der Waals surface area contributed by atoms with Crippen LogP contribution in [0.4, 0.5) is 100 Å². The number of anilines is 4. The molecule has 20 aromatic rings. The zero-order chi connectivity index (χ0) is 102. The minimum Gasteiger partial charge on any atom is -0.505 e. The van der Waals surface area contributed by atoms with E-state index in [2.05, 4.69) is 132 Å². The SMILES string of the molecule is [C-]#[N+]c1cnn(-c2ccccn2)c1N=Nc1c(O)c(C(=O)Nc2ccc(C)cc2)cc2ccccc12.[C-]#[N+]c1cnn(-c2ccccn2)c1N=Nc1c(O)c(C(=O)Nc2ccc(CO)cc2)cc2ccccc12.[C-]#[N+]c1cnn(-c2ncccn2)c1N=Nc1c(O)c(C(=O)Nc2c(F)cccc2F)cc2ccccc12.[C-]#[N+]c1cnn(-c2ncccn2)c1N=Nc1c(O)c(C(=O)Nc2ccccc2C)cc2ccccc12. The third-order valence-electron chi connectivity index (χ3n) is 21.8. The molecule has 12 aromatic carbocycles. The number of aryl methyl sites for hydroxylation is 2. The van der Waals surface area contributed by atoms with Crippen LogP contribution >= 0.6 is 0 Å². The van der Waals surface area contributed by atoms with Crippen LogP contribution in [0.3, 0.4) is 0 Å². The summed E-state index contributed by atoms with van der Waals surface area (Å²) in [5.74, 6) is -4.41. The lowest BCUT2D eigenvalue weighted by molar-refractivity contribution is 0.101. The van der Waals surface area contributed by atoms with E-state index in [-0.39, 0.29) is 127 Å². The molecule has 9 N–H and O–H groups in total. The van der Waals surface area contributed by atoms with Gasteiger partial charge in [-0.25, -0.2) is 67.4 Å². The van der Waals surface area contributed by atoms with Gasteiger partial charge in [0.05, 0.1) is 79.9 Å². The fourth-order valence-corrected chi connectivity index (χ4v) is 14.6. The van der Waals surface area contributed by atoms with E-state index in [0.29, 0.717) is 77.4 Å². The summed E-state index contributed by atoms with van der Waals surface area (Å²) >= 11 is 0. The number of phenols is 4. The normalized spacial score (nSPS) is 11.0. The molecule has 0 atom stereocenters. The Morgan fingerprint density at radius 3 is 0.986 bits per heavy atom. The van der Waals surface area contributed by atoms with E-state index in [0.717, 1.165) is 29.3 Å². The maximum Gasteiger partial charge on any atom is 0.259 e. The number of aromatic hydroxyl groups is 4. The van der Waals surface area contributed by atoms with Crippen molar-refractivity contribution in [3.63, 3.8) is 0 Å². The molecular formula is C105H70F2N30O9. The number of carbonyl (C=O) groups excluding carboxylic acids is 4. The minimum atomic E-state index is -0.975. The molecule has 0 radical (unpaired) electrons. The van der Waals surface area contributed by atoms with Crippen molar-refractivity contribution in [1.82, 2.24) is 69.0 Å². The van der Waals surface area contributed by atoms with E-state index in [9.17, 15) is 53.5 Å². The van der Waals surface area contributed by atoms with Crippen molar-refractivity contribution in [2.24, 2.45) is 40.9 Å². The van der Waals surface area contributed by atoms with Crippen molar-refractivity contribution in [2.45, 2.75) is 20.5 Å². The Balaban J connectivity index is 0.000000133. The molecule has 0 spiro atoms. The van der Waals surface area contributed by atoms with Crippen molar-refractivity contribution in [3.05, 3.63) is 419 Å². The number of amides is 4. The number of rotatable bonds is 21. The average Bonchev–Trinajstić information content (AvgIpc) is 0.904. The first kappa shape index (κ1) is 95.9. The molecule has 0 saturated carbocycles. The van der Waals surface area contributed by atoms with E-state index in [1.165, 1.54) is 74.4 Å². The molecule has 8 heterocycles. The Morgan fingerprint density at radius 1 is 0.336 bits per heavy atom. The molecule has 0 aliphatic heterocycles. The Bertz CT molecular complexity index is 8720. The van der Waals surface area contributed by atoms with Crippen LogP contribution in [0.15, 0.2) is 364 Å². The zero-order valence-corrected chi connectivity index (χ0v) is 76.1. The summed E-state index contributed by atoms with van der Waals surface area (Å²) in [5, 5.41) is 119. The standard InChI is InChI=1S/C27H19N7O3.C27H19N7O2.C26H18N8O2.C25H14F2N8O2/c1-28-22-15-30-34(23-8-4-5-13-29-23)26(22)33-32-24-20-7-3-2-6-18(20)14-21(25(24)36)27(37)31-19-11-9-17(16-35)10-12-19;1-17-10-12-19(13-11-17)31-27(36)21-15-18-7-3-4-8-20(18)24(25(21)35)32-33-26-22(28-2)16-30-34(26)23-9-5-6-14-29-23;1-16-8-3-6-11-20(16)31-25(36)19-14-17-9-4-5-10-18(17)22(23(19)35)32-33-24-21(27-2)15-30-34(24)26-28-12-7-13-29-26;1-28-19-13-31-35(25-29-10-5-11-30-25)23(19)34-33-20-15-7-3-2-6-14(15)12-16(22(20)36)24(37)32-21-17(26)8-4-9-18(21)27/h2-15,35-36H,16H2,(H,31,37);3-16,35H,1H3,(H,31,36);3-15,35H,1H3,(H,31,36);2-13,36H,(H,32,37). The van der Waals surface area contributed by atoms with Crippen LogP contribution < -0.4 is 21.3 Å². The second kappa shape index (κ2) is 43.7.